The molecular weight excluding hydrogens is 284 g/mol. The Bertz CT molecular complexity index is 582. The van der Waals surface area contributed by atoms with E-state index in [1.165, 1.54) is 4.31 Å². The summed E-state index contributed by atoms with van der Waals surface area (Å²) in [6.45, 7) is 8.29. The van der Waals surface area contributed by atoms with Gasteiger partial charge in [-0.05, 0) is 63.7 Å². The fourth-order valence-corrected chi connectivity index (χ4v) is 4.92. The van der Waals surface area contributed by atoms with E-state index in [2.05, 4.69) is 5.32 Å². The van der Waals surface area contributed by atoms with E-state index in [4.69, 9.17) is 0 Å². The fraction of sp³-hybridized carbons (Fsp3) is 0.625. The van der Waals surface area contributed by atoms with Crippen molar-refractivity contribution in [2.45, 2.75) is 38.5 Å². The van der Waals surface area contributed by atoms with Gasteiger partial charge >= 0.3 is 0 Å². The fourth-order valence-electron chi connectivity index (χ4n) is 3.27. The van der Waals surface area contributed by atoms with Crippen LogP contribution < -0.4 is 5.32 Å². The second kappa shape index (κ2) is 6.46. The zero-order valence-electron chi connectivity index (χ0n) is 13.4. The van der Waals surface area contributed by atoms with Crippen molar-refractivity contribution < 1.29 is 8.42 Å². The molecular formula is C16H26N2O2S. The number of rotatable bonds is 4. The molecule has 118 valence electrons. The summed E-state index contributed by atoms with van der Waals surface area (Å²) in [7, 11) is -1.71. The van der Waals surface area contributed by atoms with E-state index in [1.807, 2.05) is 32.9 Å². The van der Waals surface area contributed by atoms with E-state index in [0.717, 1.165) is 42.6 Å². The molecule has 1 aromatic rings. The molecule has 1 heterocycles. The number of aryl methyl sites for hydroxylation is 3. The molecule has 0 aromatic heterocycles. The van der Waals surface area contributed by atoms with Crippen LogP contribution in [0, 0.1) is 26.7 Å². The van der Waals surface area contributed by atoms with Crippen LogP contribution >= 0.6 is 0 Å². The smallest absolute Gasteiger partial charge is 0.243 e. The molecule has 1 saturated heterocycles. The predicted octanol–water partition coefficient (Wildman–Crippen LogP) is 2.23. The number of hydrogen-bond donors (Lipinski definition) is 1. The van der Waals surface area contributed by atoms with Gasteiger partial charge in [-0.2, -0.15) is 0 Å². The monoisotopic (exact) mass is 310 g/mol. The summed E-state index contributed by atoms with van der Waals surface area (Å²) >= 11 is 0. The predicted molar refractivity (Wildman–Crippen MR) is 86.1 cm³/mol. The first-order valence-electron chi connectivity index (χ1n) is 7.57. The second-order valence-electron chi connectivity index (χ2n) is 6.23. The molecule has 21 heavy (non-hydrogen) atoms. The minimum atomic E-state index is -3.41. The number of hydrogen-bond acceptors (Lipinski definition) is 3. The van der Waals surface area contributed by atoms with Crippen molar-refractivity contribution in [3.8, 4) is 0 Å². The van der Waals surface area contributed by atoms with Crippen LogP contribution in [-0.2, 0) is 10.0 Å². The third kappa shape index (κ3) is 3.65. The third-order valence-electron chi connectivity index (χ3n) is 4.19. The lowest BCUT2D eigenvalue weighted by Crippen LogP contribution is -2.39. The maximum absolute atomic E-state index is 12.9. The molecule has 1 aromatic carbocycles. The second-order valence-corrected chi connectivity index (χ2v) is 8.21. The first-order valence-corrected chi connectivity index (χ1v) is 9.01. The number of benzene rings is 1. The van der Waals surface area contributed by atoms with Crippen molar-refractivity contribution in [2.75, 3.05) is 26.7 Å². The van der Waals surface area contributed by atoms with Crippen LogP contribution in [-0.4, -0.2) is 39.4 Å². The zero-order valence-corrected chi connectivity index (χ0v) is 14.3. The molecule has 2 rings (SSSR count). The third-order valence-corrected chi connectivity index (χ3v) is 6.32. The van der Waals surface area contributed by atoms with Crippen molar-refractivity contribution in [1.29, 1.82) is 0 Å². The summed E-state index contributed by atoms with van der Waals surface area (Å²) in [6.07, 6.45) is 2.22. The van der Waals surface area contributed by atoms with Crippen LogP contribution in [0.5, 0.6) is 0 Å². The molecule has 0 radical (unpaired) electrons. The lowest BCUT2D eigenvalue weighted by Gasteiger charge is -2.28. The molecule has 4 nitrogen and oxygen atoms in total. The SMILES string of the molecule is Cc1cc(C)c(S(=O)(=O)N(C)CC2CCCNC2)c(C)c1. The van der Waals surface area contributed by atoms with Gasteiger partial charge in [-0.15, -0.1) is 0 Å². The number of piperidine rings is 1. The molecule has 1 N–H and O–H groups in total. The van der Waals surface area contributed by atoms with Crippen molar-refractivity contribution in [3.63, 3.8) is 0 Å². The van der Waals surface area contributed by atoms with Gasteiger partial charge in [-0.1, -0.05) is 17.7 Å². The minimum absolute atomic E-state index is 0.407. The van der Waals surface area contributed by atoms with E-state index in [0.29, 0.717) is 17.4 Å². The van der Waals surface area contributed by atoms with Gasteiger partial charge in [0.2, 0.25) is 10.0 Å². The van der Waals surface area contributed by atoms with Crippen LogP contribution in [0.4, 0.5) is 0 Å². The van der Waals surface area contributed by atoms with Crippen molar-refractivity contribution in [2.24, 2.45) is 5.92 Å². The van der Waals surface area contributed by atoms with Gasteiger partial charge in [0.25, 0.3) is 0 Å². The van der Waals surface area contributed by atoms with Gasteiger partial charge in [0.15, 0.2) is 0 Å². The Morgan fingerprint density at radius 1 is 1.24 bits per heavy atom. The molecule has 0 spiro atoms. The Balaban J connectivity index is 2.24. The summed E-state index contributed by atoms with van der Waals surface area (Å²) < 4.78 is 27.3. The largest absolute Gasteiger partial charge is 0.316 e. The minimum Gasteiger partial charge on any atom is -0.316 e. The molecule has 1 atom stereocenters. The van der Waals surface area contributed by atoms with Crippen LogP contribution in [0.25, 0.3) is 0 Å². The maximum Gasteiger partial charge on any atom is 0.243 e. The quantitative estimate of drug-likeness (QED) is 0.928. The van der Waals surface area contributed by atoms with E-state index in [9.17, 15) is 8.42 Å². The highest BCUT2D eigenvalue weighted by atomic mass is 32.2. The summed E-state index contributed by atoms with van der Waals surface area (Å²) in [4.78, 5) is 0.472. The highest BCUT2D eigenvalue weighted by molar-refractivity contribution is 7.89. The van der Waals surface area contributed by atoms with Gasteiger partial charge in [-0.25, -0.2) is 12.7 Å². The Morgan fingerprint density at radius 3 is 2.38 bits per heavy atom. The lowest BCUT2D eigenvalue weighted by atomic mass is 10.00. The molecule has 0 aliphatic carbocycles. The van der Waals surface area contributed by atoms with Crippen molar-refractivity contribution in [3.05, 3.63) is 28.8 Å². The molecule has 1 fully saturated rings. The lowest BCUT2D eigenvalue weighted by molar-refractivity contribution is 0.314. The average Bonchev–Trinajstić information content (AvgIpc) is 2.38. The van der Waals surface area contributed by atoms with E-state index < -0.39 is 10.0 Å². The Hall–Kier alpha value is -0.910. The molecule has 1 aliphatic heterocycles. The zero-order chi connectivity index (χ0) is 15.6. The summed E-state index contributed by atoms with van der Waals surface area (Å²) in [5.74, 6) is 0.407. The van der Waals surface area contributed by atoms with E-state index >= 15 is 0 Å². The van der Waals surface area contributed by atoms with Gasteiger partial charge in [0, 0.05) is 13.6 Å². The molecule has 0 saturated carbocycles. The molecule has 1 aliphatic rings. The number of nitrogens with zero attached hydrogens (tertiary/aromatic N) is 1. The summed E-state index contributed by atoms with van der Waals surface area (Å²) in [5, 5.41) is 3.34. The Labute approximate surface area is 128 Å². The van der Waals surface area contributed by atoms with Crippen LogP contribution in [0.1, 0.15) is 29.5 Å². The molecule has 0 bridgehead atoms. The standard InChI is InChI=1S/C16H26N2O2S/c1-12-8-13(2)16(14(3)9-12)21(19,20)18(4)11-15-6-5-7-17-10-15/h8-9,15,17H,5-7,10-11H2,1-4H3. The highest BCUT2D eigenvalue weighted by Crippen LogP contribution is 2.25. The van der Waals surface area contributed by atoms with E-state index in [1.54, 1.807) is 7.05 Å². The van der Waals surface area contributed by atoms with Gasteiger partial charge in [0.1, 0.15) is 0 Å². The molecule has 1 unspecified atom stereocenters. The maximum atomic E-state index is 12.9. The Kier molecular flexibility index (Phi) is 5.07. The van der Waals surface area contributed by atoms with Gasteiger partial charge in [0.05, 0.1) is 4.90 Å². The number of sulfonamides is 1. The van der Waals surface area contributed by atoms with Crippen molar-refractivity contribution >= 4 is 10.0 Å². The summed E-state index contributed by atoms with van der Waals surface area (Å²) in [6, 6.07) is 3.88. The van der Waals surface area contributed by atoms with Crippen molar-refractivity contribution in [1.82, 2.24) is 9.62 Å². The van der Waals surface area contributed by atoms with Crippen LogP contribution in [0.15, 0.2) is 17.0 Å². The van der Waals surface area contributed by atoms with Gasteiger partial charge < -0.3 is 5.32 Å². The Morgan fingerprint density at radius 2 is 1.86 bits per heavy atom. The highest BCUT2D eigenvalue weighted by Gasteiger charge is 2.27. The van der Waals surface area contributed by atoms with Gasteiger partial charge in [-0.3, -0.25) is 0 Å². The molecule has 0 amide bonds. The molecule has 5 heteroatoms. The number of nitrogens with one attached hydrogen (secondary N) is 1. The normalized spacial score (nSPS) is 20.0. The van der Waals surface area contributed by atoms with E-state index in [-0.39, 0.29) is 0 Å². The average molecular weight is 310 g/mol. The van der Waals surface area contributed by atoms with Crippen LogP contribution in [0.3, 0.4) is 0 Å². The van der Waals surface area contributed by atoms with Crippen LogP contribution in [0.2, 0.25) is 0 Å². The first kappa shape index (κ1) is 16.5. The first-order chi connectivity index (χ1) is 9.82. The summed E-state index contributed by atoms with van der Waals surface area (Å²) in [5.41, 5.74) is 2.77. The topological polar surface area (TPSA) is 49.4 Å².